The average Bonchev–Trinajstić information content (AvgIpc) is 2.76. The number of H-pyrrole nitrogens is 1. The monoisotopic (exact) mass is 235 g/mol. The molecule has 0 amide bonds. The molecule has 1 N–H and O–H groups in total. The van der Waals surface area contributed by atoms with E-state index in [9.17, 15) is 4.79 Å². The summed E-state index contributed by atoms with van der Waals surface area (Å²) >= 11 is 0. The highest BCUT2D eigenvalue weighted by atomic mass is 16.5. The third-order valence-corrected chi connectivity index (χ3v) is 3.52. The Kier molecular flexibility index (Phi) is 4.24. The smallest absolute Gasteiger partial charge is 0.354 e. The number of aromatic amines is 1. The van der Waals surface area contributed by atoms with E-state index in [0.717, 1.165) is 12.8 Å². The molecule has 1 aromatic heterocycles. The highest BCUT2D eigenvalue weighted by Gasteiger charge is 2.14. The number of hydrogen-bond acceptors (Lipinski definition) is 2. The van der Waals surface area contributed by atoms with Crippen LogP contribution in [0.3, 0.4) is 0 Å². The normalized spacial score (nSPS) is 17.2. The molecule has 17 heavy (non-hydrogen) atoms. The van der Waals surface area contributed by atoms with Crippen molar-refractivity contribution in [1.82, 2.24) is 4.98 Å². The molecular weight excluding hydrogens is 214 g/mol. The molecule has 2 rings (SSSR count). The Hall–Kier alpha value is -1.25. The third-order valence-electron chi connectivity index (χ3n) is 3.52. The first-order valence-corrected chi connectivity index (χ1v) is 6.60. The fraction of sp³-hybridized carbons (Fsp3) is 0.643. The van der Waals surface area contributed by atoms with E-state index in [0.29, 0.717) is 5.69 Å². The Labute approximate surface area is 103 Å². The first-order chi connectivity index (χ1) is 8.31. The highest BCUT2D eigenvalue weighted by Crippen LogP contribution is 2.20. The summed E-state index contributed by atoms with van der Waals surface area (Å²) in [6.45, 7) is 0. The zero-order chi connectivity index (χ0) is 12.1. The average molecular weight is 235 g/mol. The van der Waals surface area contributed by atoms with Crippen LogP contribution in [0.15, 0.2) is 6.07 Å². The van der Waals surface area contributed by atoms with E-state index in [1.165, 1.54) is 56.9 Å². The quantitative estimate of drug-likeness (QED) is 0.759. The lowest BCUT2D eigenvalue weighted by atomic mass is 9.99. The van der Waals surface area contributed by atoms with Gasteiger partial charge in [0.15, 0.2) is 0 Å². The van der Waals surface area contributed by atoms with Gasteiger partial charge in [-0.2, -0.15) is 0 Å². The summed E-state index contributed by atoms with van der Waals surface area (Å²) in [4.78, 5) is 14.7. The summed E-state index contributed by atoms with van der Waals surface area (Å²) in [5.41, 5.74) is 3.16. The summed E-state index contributed by atoms with van der Waals surface area (Å²) in [7, 11) is 1.43. The molecule has 1 aromatic rings. The minimum absolute atomic E-state index is 0.257. The van der Waals surface area contributed by atoms with Crippen LogP contribution in [0.25, 0.3) is 0 Å². The summed E-state index contributed by atoms with van der Waals surface area (Å²) in [6.07, 6.45) is 9.89. The molecule has 0 aliphatic heterocycles. The van der Waals surface area contributed by atoms with Crippen molar-refractivity contribution in [3.05, 3.63) is 23.0 Å². The van der Waals surface area contributed by atoms with Gasteiger partial charge in [0.25, 0.3) is 0 Å². The lowest BCUT2D eigenvalue weighted by Gasteiger charge is -2.07. The number of carbonyl (C=O) groups excluding carboxylic acids is 1. The first kappa shape index (κ1) is 12.2. The summed E-state index contributed by atoms with van der Waals surface area (Å²) < 4.78 is 4.76. The van der Waals surface area contributed by atoms with Crippen molar-refractivity contribution < 1.29 is 9.53 Å². The molecule has 0 unspecified atom stereocenters. The van der Waals surface area contributed by atoms with Crippen molar-refractivity contribution in [1.29, 1.82) is 0 Å². The van der Waals surface area contributed by atoms with Crippen molar-refractivity contribution in [3.63, 3.8) is 0 Å². The molecule has 3 heteroatoms. The molecular formula is C14H21NO2. The first-order valence-electron chi connectivity index (χ1n) is 6.60. The minimum atomic E-state index is -0.257. The fourth-order valence-corrected chi connectivity index (χ4v) is 2.53. The predicted octanol–water partition coefficient (Wildman–Crippen LogP) is 3.24. The van der Waals surface area contributed by atoms with Gasteiger partial charge in [-0.15, -0.1) is 0 Å². The van der Waals surface area contributed by atoms with Crippen LogP contribution in [0.2, 0.25) is 0 Å². The number of esters is 1. The van der Waals surface area contributed by atoms with Crippen LogP contribution in [0.1, 0.15) is 60.3 Å². The van der Waals surface area contributed by atoms with Gasteiger partial charge in [-0.05, 0) is 37.3 Å². The zero-order valence-corrected chi connectivity index (χ0v) is 10.6. The summed E-state index contributed by atoms with van der Waals surface area (Å²) in [5.74, 6) is -0.257. The summed E-state index contributed by atoms with van der Waals surface area (Å²) in [5, 5.41) is 0. The van der Waals surface area contributed by atoms with Crippen LogP contribution in [0.5, 0.6) is 0 Å². The summed E-state index contributed by atoms with van der Waals surface area (Å²) in [6, 6.07) is 1.97. The van der Waals surface area contributed by atoms with E-state index < -0.39 is 0 Å². The molecule has 1 heterocycles. The number of rotatable bonds is 1. The SMILES string of the molecule is COC(=O)c1cc2c([nH]1)CCCCCCCC2. The van der Waals surface area contributed by atoms with Crippen LogP contribution in [0, 0.1) is 0 Å². The number of fused-ring (bicyclic) bond motifs is 1. The van der Waals surface area contributed by atoms with Gasteiger partial charge in [0.2, 0.25) is 0 Å². The van der Waals surface area contributed by atoms with Gasteiger partial charge in [-0.3, -0.25) is 0 Å². The van der Waals surface area contributed by atoms with E-state index in [-0.39, 0.29) is 5.97 Å². The molecule has 0 spiro atoms. The number of carbonyl (C=O) groups is 1. The van der Waals surface area contributed by atoms with Crippen LogP contribution in [-0.2, 0) is 17.6 Å². The van der Waals surface area contributed by atoms with Crippen molar-refractivity contribution in [2.24, 2.45) is 0 Å². The van der Waals surface area contributed by atoms with Gasteiger partial charge in [-0.1, -0.05) is 25.7 Å². The molecule has 0 aromatic carbocycles. The van der Waals surface area contributed by atoms with Crippen LogP contribution >= 0.6 is 0 Å². The Morgan fingerprint density at radius 3 is 2.47 bits per heavy atom. The van der Waals surface area contributed by atoms with Gasteiger partial charge in [0.1, 0.15) is 5.69 Å². The third kappa shape index (κ3) is 3.11. The lowest BCUT2D eigenvalue weighted by molar-refractivity contribution is 0.0594. The standard InChI is InChI=1S/C14H21NO2/c1-17-14(16)13-10-11-8-6-4-2-3-5-7-9-12(11)15-13/h10,15H,2-9H2,1H3. The molecule has 0 bridgehead atoms. The Balaban J connectivity index is 2.15. The second-order valence-electron chi connectivity index (χ2n) is 4.80. The Bertz CT molecular complexity index is 354. The Morgan fingerprint density at radius 1 is 1.12 bits per heavy atom. The van der Waals surface area contributed by atoms with E-state index in [4.69, 9.17) is 4.74 Å². The topological polar surface area (TPSA) is 42.1 Å². The van der Waals surface area contributed by atoms with Gasteiger partial charge in [0, 0.05) is 5.69 Å². The predicted molar refractivity (Wildman–Crippen MR) is 67.2 cm³/mol. The van der Waals surface area contributed by atoms with Gasteiger partial charge < -0.3 is 9.72 Å². The van der Waals surface area contributed by atoms with Crippen LogP contribution in [0.4, 0.5) is 0 Å². The number of nitrogens with one attached hydrogen (secondary N) is 1. The zero-order valence-electron chi connectivity index (χ0n) is 10.6. The molecule has 0 saturated heterocycles. The number of hydrogen-bond donors (Lipinski definition) is 1. The van der Waals surface area contributed by atoms with Gasteiger partial charge >= 0.3 is 5.97 Å². The molecule has 1 aliphatic carbocycles. The van der Waals surface area contributed by atoms with E-state index in [1.807, 2.05) is 6.07 Å². The van der Waals surface area contributed by atoms with Crippen molar-refractivity contribution in [2.45, 2.75) is 51.4 Å². The van der Waals surface area contributed by atoms with E-state index >= 15 is 0 Å². The molecule has 0 radical (unpaired) electrons. The van der Waals surface area contributed by atoms with Crippen LogP contribution in [-0.4, -0.2) is 18.1 Å². The molecule has 0 saturated carbocycles. The number of aromatic nitrogens is 1. The second kappa shape index (κ2) is 5.89. The number of methoxy groups -OCH3 is 1. The Morgan fingerprint density at radius 2 is 1.76 bits per heavy atom. The van der Waals surface area contributed by atoms with Gasteiger partial charge in [-0.25, -0.2) is 4.79 Å². The second-order valence-corrected chi connectivity index (χ2v) is 4.80. The van der Waals surface area contributed by atoms with Crippen molar-refractivity contribution >= 4 is 5.97 Å². The molecule has 0 fully saturated rings. The highest BCUT2D eigenvalue weighted by molar-refractivity contribution is 5.87. The molecule has 0 atom stereocenters. The van der Waals surface area contributed by atoms with Crippen LogP contribution < -0.4 is 0 Å². The maximum Gasteiger partial charge on any atom is 0.354 e. The number of aryl methyl sites for hydroxylation is 2. The minimum Gasteiger partial charge on any atom is -0.464 e. The number of ether oxygens (including phenoxy) is 1. The maximum atomic E-state index is 11.5. The fourth-order valence-electron chi connectivity index (χ4n) is 2.53. The largest absolute Gasteiger partial charge is 0.464 e. The maximum absolute atomic E-state index is 11.5. The molecule has 1 aliphatic rings. The lowest BCUT2D eigenvalue weighted by Crippen LogP contribution is -2.01. The van der Waals surface area contributed by atoms with E-state index in [1.54, 1.807) is 0 Å². The van der Waals surface area contributed by atoms with Gasteiger partial charge in [0.05, 0.1) is 7.11 Å². The van der Waals surface area contributed by atoms with Crippen molar-refractivity contribution in [3.8, 4) is 0 Å². The molecule has 3 nitrogen and oxygen atoms in total. The molecule has 94 valence electrons. The van der Waals surface area contributed by atoms with E-state index in [2.05, 4.69) is 4.98 Å². The van der Waals surface area contributed by atoms with Crippen molar-refractivity contribution in [2.75, 3.05) is 7.11 Å².